The first-order valence-corrected chi connectivity index (χ1v) is 4.21. The molecule has 1 aliphatic heterocycles. The number of hydrogen-bond acceptors (Lipinski definition) is 3. The summed E-state index contributed by atoms with van der Waals surface area (Å²) < 4.78 is 5.01. The third-order valence-corrected chi connectivity index (χ3v) is 1.46. The molecule has 0 amide bonds. The number of alkyl halides is 1. The van der Waals surface area contributed by atoms with E-state index in [2.05, 4.69) is 5.32 Å². The lowest BCUT2D eigenvalue weighted by molar-refractivity contribution is -0.109. The first kappa shape index (κ1) is 11.2. The SMILES string of the molecule is C1COCCN1.O=C(Cl)CCl. The van der Waals surface area contributed by atoms with E-state index in [9.17, 15) is 4.79 Å². The summed E-state index contributed by atoms with van der Waals surface area (Å²) in [6.07, 6.45) is 0. The zero-order valence-corrected chi connectivity index (χ0v) is 7.62. The Labute approximate surface area is 76.0 Å². The molecule has 0 bridgehead atoms. The lowest BCUT2D eigenvalue weighted by Crippen LogP contribution is -2.30. The van der Waals surface area contributed by atoms with Crippen LogP contribution in [0.3, 0.4) is 0 Å². The number of carbonyl (C=O) groups is 1. The summed E-state index contributed by atoms with van der Waals surface area (Å²) >= 11 is 9.55. The quantitative estimate of drug-likeness (QED) is 0.497. The molecule has 1 N–H and O–H groups in total. The normalized spacial score (nSPS) is 16.5. The Morgan fingerprint density at radius 3 is 2.00 bits per heavy atom. The third-order valence-electron chi connectivity index (χ3n) is 0.951. The highest BCUT2D eigenvalue weighted by atomic mass is 35.5. The molecule has 0 spiro atoms. The second-order valence-corrected chi connectivity index (χ2v) is 2.54. The maximum Gasteiger partial charge on any atom is 0.236 e. The predicted octanol–water partition coefficient (Wildman–Crippen LogP) is 0.597. The fourth-order valence-electron chi connectivity index (χ4n) is 0.516. The van der Waals surface area contributed by atoms with Crippen LogP contribution in [0.5, 0.6) is 0 Å². The molecule has 0 aliphatic carbocycles. The molecule has 0 radical (unpaired) electrons. The van der Waals surface area contributed by atoms with Crippen molar-refractivity contribution in [3.05, 3.63) is 0 Å². The largest absolute Gasteiger partial charge is 0.379 e. The number of rotatable bonds is 1. The summed E-state index contributed by atoms with van der Waals surface area (Å²) in [5.74, 6) is -0.0957. The fraction of sp³-hybridized carbons (Fsp3) is 0.833. The molecular weight excluding hydrogens is 189 g/mol. The monoisotopic (exact) mass is 199 g/mol. The second-order valence-electron chi connectivity index (χ2n) is 1.85. The molecular formula is C6H11Cl2NO2. The van der Waals surface area contributed by atoms with E-state index in [4.69, 9.17) is 27.9 Å². The van der Waals surface area contributed by atoms with Gasteiger partial charge in [-0.25, -0.2) is 0 Å². The van der Waals surface area contributed by atoms with Gasteiger partial charge in [-0.1, -0.05) is 0 Å². The molecule has 3 nitrogen and oxygen atoms in total. The lowest BCUT2D eigenvalue weighted by atomic mass is 10.5. The Hall–Kier alpha value is 0.170. The van der Waals surface area contributed by atoms with E-state index in [0.29, 0.717) is 0 Å². The summed E-state index contributed by atoms with van der Waals surface area (Å²) in [4.78, 5) is 9.45. The molecule has 1 fully saturated rings. The first-order valence-electron chi connectivity index (χ1n) is 3.30. The molecule has 1 rings (SSSR count). The molecule has 1 saturated heterocycles. The zero-order valence-electron chi connectivity index (χ0n) is 6.11. The van der Waals surface area contributed by atoms with Gasteiger partial charge in [0.25, 0.3) is 0 Å². The van der Waals surface area contributed by atoms with Gasteiger partial charge < -0.3 is 10.1 Å². The molecule has 0 aromatic carbocycles. The Morgan fingerprint density at radius 2 is 1.91 bits per heavy atom. The van der Waals surface area contributed by atoms with Gasteiger partial charge in [0.15, 0.2) is 0 Å². The van der Waals surface area contributed by atoms with Gasteiger partial charge in [-0.05, 0) is 11.6 Å². The summed E-state index contributed by atoms with van der Waals surface area (Å²) in [7, 11) is 0. The fourth-order valence-corrected chi connectivity index (χ4v) is 0.516. The molecule has 66 valence electrons. The van der Waals surface area contributed by atoms with Crippen LogP contribution in [0, 0.1) is 0 Å². The second kappa shape index (κ2) is 8.27. The molecule has 0 atom stereocenters. The Morgan fingerprint density at radius 1 is 1.45 bits per heavy atom. The highest BCUT2D eigenvalue weighted by Crippen LogP contribution is 1.80. The van der Waals surface area contributed by atoms with Gasteiger partial charge in [0.05, 0.1) is 19.1 Å². The van der Waals surface area contributed by atoms with Gasteiger partial charge >= 0.3 is 0 Å². The minimum atomic E-state index is -0.508. The van der Waals surface area contributed by atoms with Gasteiger partial charge in [0, 0.05) is 13.1 Å². The van der Waals surface area contributed by atoms with E-state index in [-0.39, 0.29) is 5.88 Å². The highest BCUT2D eigenvalue weighted by molar-refractivity contribution is 6.67. The van der Waals surface area contributed by atoms with E-state index < -0.39 is 5.24 Å². The van der Waals surface area contributed by atoms with Crippen LogP contribution >= 0.6 is 23.2 Å². The summed E-state index contributed by atoms with van der Waals surface area (Å²) in [5.41, 5.74) is 0. The molecule has 0 aromatic heterocycles. The van der Waals surface area contributed by atoms with Crippen molar-refractivity contribution in [1.82, 2.24) is 5.32 Å². The van der Waals surface area contributed by atoms with Gasteiger partial charge in [-0.2, -0.15) is 0 Å². The van der Waals surface area contributed by atoms with Crippen LogP contribution in [-0.2, 0) is 9.53 Å². The van der Waals surface area contributed by atoms with Crippen LogP contribution in [0.1, 0.15) is 0 Å². The van der Waals surface area contributed by atoms with Gasteiger partial charge in [-0.15, -0.1) is 11.6 Å². The third kappa shape index (κ3) is 10.2. The van der Waals surface area contributed by atoms with Crippen molar-refractivity contribution in [3.8, 4) is 0 Å². The molecule has 5 heteroatoms. The van der Waals surface area contributed by atoms with Crippen molar-refractivity contribution in [3.63, 3.8) is 0 Å². The molecule has 1 heterocycles. The van der Waals surface area contributed by atoms with Crippen molar-refractivity contribution in [1.29, 1.82) is 0 Å². The topological polar surface area (TPSA) is 38.3 Å². The van der Waals surface area contributed by atoms with Crippen molar-refractivity contribution >= 4 is 28.4 Å². The Balaban J connectivity index is 0.000000187. The first-order chi connectivity index (χ1) is 5.27. The maximum atomic E-state index is 9.45. The molecule has 0 saturated carbocycles. The van der Waals surface area contributed by atoms with Gasteiger partial charge in [0.1, 0.15) is 0 Å². The average molecular weight is 200 g/mol. The number of halogens is 2. The van der Waals surface area contributed by atoms with Crippen LogP contribution in [0.4, 0.5) is 0 Å². The summed E-state index contributed by atoms with van der Waals surface area (Å²) in [5, 5.41) is 2.65. The average Bonchev–Trinajstić information content (AvgIpc) is 2.09. The predicted molar refractivity (Wildman–Crippen MR) is 45.3 cm³/mol. The van der Waals surface area contributed by atoms with Crippen molar-refractivity contribution in [2.75, 3.05) is 32.2 Å². The Kier molecular flexibility index (Phi) is 8.40. The molecule has 1 aliphatic rings. The van der Waals surface area contributed by atoms with Crippen LogP contribution in [0.15, 0.2) is 0 Å². The van der Waals surface area contributed by atoms with Crippen molar-refractivity contribution in [2.45, 2.75) is 0 Å². The van der Waals surface area contributed by atoms with Crippen LogP contribution in [0.2, 0.25) is 0 Å². The number of nitrogens with one attached hydrogen (secondary N) is 1. The van der Waals surface area contributed by atoms with Gasteiger partial charge in [-0.3, -0.25) is 4.79 Å². The molecule has 0 aromatic rings. The zero-order chi connectivity index (χ0) is 8.53. The highest BCUT2D eigenvalue weighted by Gasteiger charge is 1.92. The van der Waals surface area contributed by atoms with E-state index in [1.54, 1.807) is 0 Å². The number of morpholine rings is 1. The van der Waals surface area contributed by atoms with E-state index in [0.717, 1.165) is 26.3 Å². The summed E-state index contributed by atoms with van der Waals surface area (Å²) in [6.45, 7) is 3.83. The van der Waals surface area contributed by atoms with Crippen LogP contribution in [-0.4, -0.2) is 37.4 Å². The van der Waals surface area contributed by atoms with Crippen LogP contribution < -0.4 is 5.32 Å². The minimum Gasteiger partial charge on any atom is -0.379 e. The van der Waals surface area contributed by atoms with E-state index in [1.807, 2.05) is 0 Å². The summed E-state index contributed by atoms with van der Waals surface area (Å²) in [6, 6.07) is 0. The smallest absolute Gasteiger partial charge is 0.236 e. The van der Waals surface area contributed by atoms with Crippen LogP contribution in [0.25, 0.3) is 0 Å². The molecule has 0 unspecified atom stereocenters. The van der Waals surface area contributed by atoms with Crippen molar-refractivity contribution in [2.24, 2.45) is 0 Å². The van der Waals surface area contributed by atoms with E-state index in [1.165, 1.54) is 0 Å². The van der Waals surface area contributed by atoms with E-state index >= 15 is 0 Å². The number of carbonyl (C=O) groups excluding carboxylic acids is 1. The molecule has 11 heavy (non-hydrogen) atoms. The van der Waals surface area contributed by atoms with Gasteiger partial charge in [0.2, 0.25) is 5.24 Å². The number of ether oxygens (including phenoxy) is 1. The number of hydrogen-bond donors (Lipinski definition) is 1. The maximum absolute atomic E-state index is 9.45. The standard InChI is InChI=1S/C4H9NO.C2H2Cl2O/c1-3-6-4-2-5-1;3-1-2(4)5/h5H,1-4H2;1H2. The Bertz CT molecular complexity index is 95.2. The minimum absolute atomic E-state index is 0.0957. The van der Waals surface area contributed by atoms with Crippen molar-refractivity contribution < 1.29 is 9.53 Å². The lowest BCUT2D eigenvalue weighted by Gasteiger charge is -2.10.